The highest BCUT2D eigenvalue weighted by Gasteiger charge is 2.05. The lowest BCUT2D eigenvalue weighted by atomic mass is 10.2. The van der Waals surface area contributed by atoms with Gasteiger partial charge in [0, 0.05) is 13.0 Å². The van der Waals surface area contributed by atoms with E-state index in [1.54, 1.807) is 6.26 Å². The van der Waals surface area contributed by atoms with Crippen LogP contribution in [-0.4, -0.2) is 6.54 Å². The van der Waals surface area contributed by atoms with E-state index in [2.05, 4.69) is 18.2 Å². The maximum absolute atomic E-state index is 5.21. The van der Waals surface area contributed by atoms with Gasteiger partial charge in [-0.15, -0.1) is 12.3 Å². The van der Waals surface area contributed by atoms with Gasteiger partial charge >= 0.3 is 0 Å². The van der Waals surface area contributed by atoms with Crippen LogP contribution in [0.5, 0.6) is 0 Å². The van der Waals surface area contributed by atoms with E-state index in [-0.39, 0.29) is 6.04 Å². The van der Waals surface area contributed by atoms with Gasteiger partial charge in [0.05, 0.1) is 12.3 Å². The predicted molar refractivity (Wildman–Crippen MR) is 48.6 cm³/mol. The second-order valence-corrected chi connectivity index (χ2v) is 2.65. The first kappa shape index (κ1) is 8.89. The molecule has 12 heavy (non-hydrogen) atoms. The number of rotatable bonds is 4. The molecule has 1 rings (SSSR count). The van der Waals surface area contributed by atoms with Gasteiger partial charge in [-0.2, -0.15) is 0 Å². The summed E-state index contributed by atoms with van der Waals surface area (Å²) in [5.74, 6) is 3.53. The van der Waals surface area contributed by atoms with Gasteiger partial charge in [0.1, 0.15) is 5.76 Å². The number of terminal acetylenes is 1. The highest BCUT2D eigenvalue weighted by molar-refractivity contribution is 5.03. The Kier molecular flexibility index (Phi) is 3.43. The highest BCUT2D eigenvalue weighted by atomic mass is 16.3. The Morgan fingerprint density at radius 1 is 1.75 bits per heavy atom. The lowest BCUT2D eigenvalue weighted by Crippen LogP contribution is -2.18. The number of furan rings is 1. The molecule has 2 nitrogen and oxygen atoms in total. The molecule has 1 aromatic rings. The quantitative estimate of drug-likeness (QED) is 0.542. The molecule has 0 fully saturated rings. The molecule has 0 saturated carbocycles. The van der Waals surface area contributed by atoms with Crippen LogP contribution in [0.2, 0.25) is 0 Å². The highest BCUT2D eigenvalue weighted by Crippen LogP contribution is 2.11. The van der Waals surface area contributed by atoms with Crippen molar-refractivity contribution in [3.63, 3.8) is 0 Å². The molecule has 0 aliphatic rings. The summed E-state index contributed by atoms with van der Waals surface area (Å²) in [4.78, 5) is 0. The maximum atomic E-state index is 5.21. The van der Waals surface area contributed by atoms with Crippen LogP contribution < -0.4 is 5.32 Å². The van der Waals surface area contributed by atoms with E-state index in [4.69, 9.17) is 10.8 Å². The summed E-state index contributed by atoms with van der Waals surface area (Å²) in [6.45, 7) is 2.88. The number of hydrogen-bond donors (Lipinski definition) is 1. The Labute approximate surface area is 73.0 Å². The van der Waals surface area contributed by atoms with Crippen molar-refractivity contribution in [3.8, 4) is 12.3 Å². The molecule has 0 saturated heterocycles. The number of hydrogen-bond acceptors (Lipinski definition) is 2. The molecule has 1 aromatic heterocycles. The largest absolute Gasteiger partial charge is 0.468 e. The lowest BCUT2D eigenvalue weighted by molar-refractivity contribution is 0.434. The molecule has 1 N–H and O–H groups in total. The van der Waals surface area contributed by atoms with Crippen LogP contribution in [0, 0.1) is 12.3 Å². The molecule has 0 aromatic carbocycles. The Morgan fingerprint density at radius 3 is 3.17 bits per heavy atom. The van der Waals surface area contributed by atoms with Gasteiger partial charge in [-0.05, 0) is 19.1 Å². The van der Waals surface area contributed by atoms with E-state index in [1.165, 1.54) is 0 Å². The summed E-state index contributed by atoms with van der Waals surface area (Å²) < 4.78 is 5.21. The maximum Gasteiger partial charge on any atom is 0.120 e. The molecule has 0 spiro atoms. The molecule has 1 atom stereocenters. The predicted octanol–water partition coefficient (Wildman–Crippen LogP) is 1.95. The SMILES string of the molecule is C#CCCN[C@H](C)c1ccco1. The van der Waals surface area contributed by atoms with E-state index in [9.17, 15) is 0 Å². The molecule has 0 bridgehead atoms. The van der Waals surface area contributed by atoms with Crippen LogP contribution in [0.1, 0.15) is 25.1 Å². The Bertz CT molecular complexity index is 245. The molecule has 0 radical (unpaired) electrons. The first-order valence-electron chi connectivity index (χ1n) is 4.05. The number of nitrogens with one attached hydrogen (secondary N) is 1. The summed E-state index contributed by atoms with van der Waals surface area (Å²) in [6, 6.07) is 4.08. The van der Waals surface area contributed by atoms with Crippen LogP contribution in [0.4, 0.5) is 0 Å². The van der Waals surface area contributed by atoms with E-state index in [0.717, 1.165) is 18.7 Å². The normalized spacial score (nSPS) is 12.3. The second kappa shape index (κ2) is 4.63. The third-order valence-corrected chi connectivity index (χ3v) is 1.69. The van der Waals surface area contributed by atoms with Gasteiger partial charge in [0.25, 0.3) is 0 Å². The van der Waals surface area contributed by atoms with Gasteiger partial charge in [-0.1, -0.05) is 0 Å². The zero-order valence-corrected chi connectivity index (χ0v) is 7.21. The molecule has 0 amide bonds. The van der Waals surface area contributed by atoms with Crippen LogP contribution in [0.15, 0.2) is 22.8 Å². The minimum atomic E-state index is 0.244. The molecule has 2 heteroatoms. The van der Waals surface area contributed by atoms with Crippen molar-refractivity contribution in [3.05, 3.63) is 24.2 Å². The molecular formula is C10H13NO. The Morgan fingerprint density at radius 2 is 2.58 bits per heavy atom. The van der Waals surface area contributed by atoms with E-state index in [1.807, 2.05) is 12.1 Å². The Balaban J connectivity index is 2.30. The third kappa shape index (κ3) is 2.44. The van der Waals surface area contributed by atoms with Crippen molar-refractivity contribution >= 4 is 0 Å². The molecule has 0 unspecified atom stereocenters. The minimum Gasteiger partial charge on any atom is -0.468 e. The monoisotopic (exact) mass is 163 g/mol. The fourth-order valence-electron chi connectivity index (χ4n) is 0.999. The van der Waals surface area contributed by atoms with Crippen LogP contribution in [0.25, 0.3) is 0 Å². The third-order valence-electron chi connectivity index (χ3n) is 1.69. The zero-order chi connectivity index (χ0) is 8.81. The van der Waals surface area contributed by atoms with Crippen molar-refractivity contribution in [1.82, 2.24) is 5.32 Å². The van der Waals surface area contributed by atoms with Crippen molar-refractivity contribution in [1.29, 1.82) is 0 Å². The molecule has 1 heterocycles. The topological polar surface area (TPSA) is 25.2 Å². The van der Waals surface area contributed by atoms with Gasteiger partial charge in [0.2, 0.25) is 0 Å². The van der Waals surface area contributed by atoms with Crippen LogP contribution in [-0.2, 0) is 0 Å². The zero-order valence-electron chi connectivity index (χ0n) is 7.21. The lowest BCUT2D eigenvalue weighted by Gasteiger charge is -2.08. The van der Waals surface area contributed by atoms with Crippen molar-refractivity contribution in [2.75, 3.05) is 6.54 Å². The minimum absolute atomic E-state index is 0.244. The van der Waals surface area contributed by atoms with E-state index in [0.29, 0.717) is 0 Å². The molecule has 0 aliphatic carbocycles. The van der Waals surface area contributed by atoms with Gasteiger partial charge in [-0.25, -0.2) is 0 Å². The van der Waals surface area contributed by atoms with Gasteiger partial charge in [0.15, 0.2) is 0 Å². The van der Waals surface area contributed by atoms with Crippen molar-refractivity contribution in [2.45, 2.75) is 19.4 Å². The fourth-order valence-corrected chi connectivity index (χ4v) is 0.999. The van der Waals surface area contributed by atoms with Crippen LogP contribution >= 0.6 is 0 Å². The first-order chi connectivity index (χ1) is 5.84. The molecule has 0 aliphatic heterocycles. The molecular weight excluding hydrogens is 150 g/mol. The average Bonchev–Trinajstić information content (AvgIpc) is 2.56. The summed E-state index contributed by atoms with van der Waals surface area (Å²) in [6.07, 6.45) is 7.55. The molecule has 64 valence electrons. The smallest absolute Gasteiger partial charge is 0.120 e. The Hall–Kier alpha value is -1.20. The summed E-state index contributed by atoms with van der Waals surface area (Å²) >= 11 is 0. The standard InChI is InChI=1S/C10H13NO/c1-3-4-7-11-9(2)10-6-5-8-12-10/h1,5-6,8-9,11H,4,7H2,2H3/t9-/m1/s1. The van der Waals surface area contributed by atoms with Crippen LogP contribution in [0.3, 0.4) is 0 Å². The summed E-state index contributed by atoms with van der Waals surface area (Å²) in [7, 11) is 0. The first-order valence-corrected chi connectivity index (χ1v) is 4.05. The summed E-state index contributed by atoms with van der Waals surface area (Å²) in [5, 5.41) is 3.25. The fraction of sp³-hybridized carbons (Fsp3) is 0.400. The van der Waals surface area contributed by atoms with E-state index < -0.39 is 0 Å². The van der Waals surface area contributed by atoms with Crippen molar-refractivity contribution < 1.29 is 4.42 Å². The second-order valence-electron chi connectivity index (χ2n) is 2.65. The van der Waals surface area contributed by atoms with Crippen molar-refractivity contribution in [2.24, 2.45) is 0 Å². The average molecular weight is 163 g/mol. The summed E-state index contributed by atoms with van der Waals surface area (Å²) in [5.41, 5.74) is 0. The van der Waals surface area contributed by atoms with Gasteiger partial charge < -0.3 is 9.73 Å². The van der Waals surface area contributed by atoms with E-state index >= 15 is 0 Å². The van der Waals surface area contributed by atoms with Gasteiger partial charge in [-0.3, -0.25) is 0 Å².